The van der Waals surface area contributed by atoms with Crippen molar-refractivity contribution in [1.29, 1.82) is 5.26 Å². The van der Waals surface area contributed by atoms with Crippen molar-refractivity contribution in [2.24, 2.45) is 7.05 Å². The van der Waals surface area contributed by atoms with Gasteiger partial charge in [-0.2, -0.15) is 5.26 Å². The van der Waals surface area contributed by atoms with E-state index in [0.717, 1.165) is 37.1 Å². The minimum Gasteiger partial charge on any atom is -0.335 e. The largest absolute Gasteiger partial charge is 0.335 e. The lowest BCUT2D eigenvalue weighted by Gasteiger charge is -1.99. The van der Waals surface area contributed by atoms with Crippen LogP contribution < -0.4 is 0 Å². The Balaban J connectivity index is 2.17. The summed E-state index contributed by atoms with van der Waals surface area (Å²) in [5.41, 5.74) is 2.91. The van der Waals surface area contributed by atoms with Crippen LogP contribution in [0.1, 0.15) is 5.56 Å². The number of pyridine rings is 1. The number of rotatable bonds is 1. The number of fused-ring (bicyclic) bond motifs is 3. The predicted octanol–water partition coefficient (Wildman–Crippen LogP) is 4.33. The van der Waals surface area contributed by atoms with Crippen LogP contribution in [0, 0.1) is 11.3 Å². The van der Waals surface area contributed by atoms with E-state index in [1.54, 1.807) is 17.5 Å². The number of aromatic nitrogens is 2. The van der Waals surface area contributed by atoms with Gasteiger partial charge in [-0.3, -0.25) is 4.98 Å². The molecule has 100 valence electrons. The van der Waals surface area contributed by atoms with E-state index in [2.05, 4.69) is 34.8 Å². The van der Waals surface area contributed by atoms with E-state index in [1.807, 2.05) is 30.5 Å². The van der Waals surface area contributed by atoms with Crippen LogP contribution >= 0.6 is 11.3 Å². The molecule has 0 saturated heterocycles. The van der Waals surface area contributed by atoms with Crippen molar-refractivity contribution >= 4 is 32.5 Å². The molecule has 3 aromatic heterocycles. The molecule has 4 heteroatoms. The van der Waals surface area contributed by atoms with E-state index in [-0.39, 0.29) is 0 Å². The molecule has 4 rings (SSSR count). The van der Waals surface area contributed by atoms with E-state index in [1.165, 1.54) is 0 Å². The maximum absolute atomic E-state index is 9.66. The van der Waals surface area contributed by atoms with Gasteiger partial charge in [0, 0.05) is 41.3 Å². The monoisotopic (exact) mass is 289 g/mol. The summed E-state index contributed by atoms with van der Waals surface area (Å²) in [5.74, 6) is 0. The van der Waals surface area contributed by atoms with Gasteiger partial charge in [-0.15, -0.1) is 11.3 Å². The number of nitrogens with zero attached hydrogens (tertiary/aromatic N) is 3. The molecule has 0 atom stereocenters. The number of hydrogen-bond donors (Lipinski definition) is 0. The lowest BCUT2D eigenvalue weighted by Crippen LogP contribution is -1.83. The van der Waals surface area contributed by atoms with Gasteiger partial charge in [0.15, 0.2) is 0 Å². The molecular formula is C17H11N3S. The molecule has 0 unspecified atom stereocenters. The van der Waals surface area contributed by atoms with Crippen molar-refractivity contribution in [3.8, 4) is 16.5 Å². The topological polar surface area (TPSA) is 41.6 Å². The second-order valence-electron chi connectivity index (χ2n) is 4.92. The number of hydrogen-bond acceptors (Lipinski definition) is 3. The number of aryl methyl sites for hydroxylation is 1. The summed E-state index contributed by atoms with van der Waals surface area (Å²) in [7, 11) is 2.05. The Morgan fingerprint density at radius 2 is 2.05 bits per heavy atom. The highest BCUT2D eigenvalue weighted by Gasteiger charge is 2.19. The first-order chi connectivity index (χ1) is 10.3. The van der Waals surface area contributed by atoms with E-state index in [9.17, 15) is 5.26 Å². The molecule has 0 fully saturated rings. The zero-order valence-electron chi connectivity index (χ0n) is 11.4. The normalized spacial score (nSPS) is 11.0. The summed E-state index contributed by atoms with van der Waals surface area (Å²) in [6.07, 6.45) is 3.56. The van der Waals surface area contributed by atoms with Gasteiger partial charge in [-0.25, -0.2) is 0 Å². The van der Waals surface area contributed by atoms with Crippen LogP contribution in [0.5, 0.6) is 0 Å². The Hall–Kier alpha value is -2.64. The number of para-hydroxylation sites is 1. The zero-order chi connectivity index (χ0) is 14.4. The van der Waals surface area contributed by atoms with Crippen LogP contribution in [0.2, 0.25) is 0 Å². The van der Waals surface area contributed by atoms with Gasteiger partial charge in [-0.05, 0) is 12.1 Å². The molecule has 0 spiro atoms. The molecule has 0 amide bonds. The Morgan fingerprint density at radius 3 is 2.81 bits per heavy atom. The van der Waals surface area contributed by atoms with Crippen LogP contribution in [0.3, 0.4) is 0 Å². The Morgan fingerprint density at radius 1 is 1.19 bits per heavy atom. The van der Waals surface area contributed by atoms with Gasteiger partial charge in [-0.1, -0.05) is 24.3 Å². The zero-order valence-corrected chi connectivity index (χ0v) is 12.2. The third-order valence-corrected chi connectivity index (χ3v) is 5.08. The summed E-state index contributed by atoms with van der Waals surface area (Å²) < 4.78 is 2.16. The quantitative estimate of drug-likeness (QED) is 0.523. The first-order valence-electron chi connectivity index (χ1n) is 6.61. The van der Waals surface area contributed by atoms with Gasteiger partial charge in [0.1, 0.15) is 10.9 Å². The van der Waals surface area contributed by atoms with E-state index in [0.29, 0.717) is 0 Å². The average molecular weight is 289 g/mol. The van der Waals surface area contributed by atoms with Gasteiger partial charge in [0.2, 0.25) is 0 Å². The SMILES string of the molecule is Cn1c2ccccc2c2c(C#N)c(-c3cccnc3)sc21. The summed E-state index contributed by atoms with van der Waals surface area (Å²) in [5, 5.41) is 11.9. The van der Waals surface area contributed by atoms with Crippen molar-refractivity contribution in [2.45, 2.75) is 0 Å². The molecule has 3 nitrogen and oxygen atoms in total. The fraction of sp³-hybridized carbons (Fsp3) is 0.0588. The first kappa shape index (κ1) is 12.1. The molecule has 0 saturated carbocycles. The van der Waals surface area contributed by atoms with Crippen LogP contribution in [0.4, 0.5) is 0 Å². The molecule has 0 aliphatic carbocycles. The second-order valence-corrected chi connectivity index (χ2v) is 5.92. The lowest BCUT2D eigenvalue weighted by atomic mass is 10.1. The molecule has 0 aliphatic heterocycles. The highest BCUT2D eigenvalue weighted by atomic mass is 32.1. The lowest BCUT2D eigenvalue weighted by molar-refractivity contribution is 1.02. The maximum atomic E-state index is 9.66. The summed E-state index contributed by atoms with van der Waals surface area (Å²) in [4.78, 5) is 6.29. The van der Waals surface area contributed by atoms with Gasteiger partial charge in [0.05, 0.1) is 10.4 Å². The molecule has 0 aliphatic rings. The van der Waals surface area contributed by atoms with Crippen LogP contribution in [-0.2, 0) is 7.05 Å². The standard InChI is InChI=1S/C17H11N3S/c1-20-14-7-3-2-6-12(14)15-13(9-18)16(21-17(15)20)11-5-4-8-19-10-11/h2-8,10H,1H3. The minimum atomic E-state index is 0.750. The van der Waals surface area contributed by atoms with Crippen molar-refractivity contribution in [1.82, 2.24) is 9.55 Å². The van der Waals surface area contributed by atoms with E-state index < -0.39 is 0 Å². The minimum absolute atomic E-state index is 0.750. The van der Waals surface area contributed by atoms with Crippen LogP contribution in [0.15, 0.2) is 48.8 Å². The average Bonchev–Trinajstić information content (AvgIpc) is 3.05. The molecule has 0 radical (unpaired) electrons. The fourth-order valence-electron chi connectivity index (χ4n) is 2.80. The number of thiophene rings is 1. The van der Waals surface area contributed by atoms with E-state index in [4.69, 9.17) is 0 Å². The summed E-state index contributed by atoms with van der Waals surface area (Å²) in [6, 6.07) is 14.5. The predicted molar refractivity (Wildman–Crippen MR) is 86.2 cm³/mol. The highest BCUT2D eigenvalue weighted by Crippen LogP contribution is 2.42. The second kappa shape index (κ2) is 4.44. The molecular weight excluding hydrogens is 278 g/mol. The van der Waals surface area contributed by atoms with Crippen molar-refractivity contribution in [3.05, 3.63) is 54.4 Å². The van der Waals surface area contributed by atoms with Crippen molar-refractivity contribution in [3.63, 3.8) is 0 Å². The first-order valence-corrected chi connectivity index (χ1v) is 7.43. The van der Waals surface area contributed by atoms with Crippen LogP contribution in [0.25, 0.3) is 31.6 Å². The number of nitriles is 1. The third-order valence-electron chi connectivity index (χ3n) is 3.76. The molecule has 1 aromatic carbocycles. The highest BCUT2D eigenvalue weighted by molar-refractivity contribution is 7.22. The molecule has 3 heterocycles. The molecule has 4 aromatic rings. The molecule has 21 heavy (non-hydrogen) atoms. The Labute approximate surface area is 125 Å². The Kier molecular flexibility index (Phi) is 2.56. The maximum Gasteiger partial charge on any atom is 0.105 e. The van der Waals surface area contributed by atoms with E-state index >= 15 is 0 Å². The third kappa shape index (κ3) is 1.61. The molecule has 0 N–H and O–H groups in total. The van der Waals surface area contributed by atoms with Gasteiger partial charge >= 0.3 is 0 Å². The van der Waals surface area contributed by atoms with Crippen molar-refractivity contribution < 1.29 is 0 Å². The van der Waals surface area contributed by atoms with Crippen LogP contribution in [-0.4, -0.2) is 9.55 Å². The summed E-state index contributed by atoms with van der Waals surface area (Å²) >= 11 is 1.65. The van der Waals surface area contributed by atoms with Crippen molar-refractivity contribution in [2.75, 3.05) is 0 Å². The smallest absolute Gasteiger partial charge is 0.105 e. The molecule has 0 bridgehead atoms. The summed E-state index contributed by atoms with van der Waals surface area (Å²) in [6.45, 7) is 0. The number of benzene rings is 1. The van der Waals surface area contributed by atoms with Gasteiger partial charge in [0.25, 0.3) is 0 Å². The fourth-order valence-corrected chi connectivity index (χ4v) is 4.03. The Bertz CT molecular complexity index is 1000. The van der Waals surface area contributed by atoms with Gasteiger partial charge < -0.3 is 4.57 Å².